The molecule has 1 aliphatic carbocycles. The second kappa shape index (κ2) is 9.84. The molecule has 31 heavy (non-hydrogen) atoms. The number of hydrogen-bond donors (Lipinski definition) is 2. The molecule has 2 aromatic rings. The smallest absolute Gasteiger partial charge is 0.226 e. The molecule has 0 bridgehead atoms. The summed E-state index contributed by atoms with van der Waals surface area (Å²) in [6.07, 6.45) is 5.22. The summed E-state index contributed by atoms with van der Waals surface area (Å²) in [6, 6.07) is 16.7. The van der Waals surface area contributed by atoms with Gasteiger partial charge in [-0.05, 0) is 62.1 Å². The number of amides is 1. The highest BCUT2D eigenvalue weighted by molar-refractivity contribution is 5.83. The number of carbonyl (C=O) groups is 1. The summed E-state index contributed by atoms with van der Waals surface area (Å²) in [7, 11) is 1.69. The number of ether oxygens (including phenoxy) is 2. The molecule has 1 saturated carbocycles. The number of para-hydroxylation sites is 1. The van der Waals surface area contributed by atoms with Crippen molar-refractivity contribution in [2.24, 2.45) is 5.41 Å². The first-order valence-electron chi connectivity index (χ1n) is 11.4. The maximum absolute atomic E-state index is 13.4. The average molecular weight is 424 g/mol. The Morgan fingerprint density at radius 2 is 1.74 bits per heavy atom. The van der Waals surface area contributed by atoms with Crippen molar-refractivity contribution in [2.75, 3.05) is 20.3 Å². The van der Waals surface area contributed by atoms with Crippen LogP contribution in [0.2, 0.25) is 0 Å². The van der Waals surface area contributed by atoms with E-state index in [1.165, 1.54) is 0 Å². The molecule has 2 aliphatic rings. The van der Waals surface area contributed by atoms with Crippen molar-refractivity contribution in [1.82, 2.24) is 5.32 Å². The van der Waals surface area contributed by atoms with Crippen LogP contribution < -0.4 is 10.1 Å². The lowest BCUT2D eigenvalue weighted by molar-refractivity contribution is -0.137. The predicted octanol–water partition coefficient (Wildman–Crippen LogP) is 4.12. The topological polar surface area (TPSA) is 67.8 Å². The molecule has 5 nitrogen and oxygen atoms in total. The minimum absolute atomic E-state index is 0.144. The van der Waals surface area contributed by atoms with E-state index in [0.29, 0.717) is 19.6 Å². The second-order valence-corrected chi connectivity index (χ2v) is 8.95. The predicted molar refractivity (Wildman–Crippen MR) is 121 cm³/mol. The molecular formula is C26H33NO4. The van der Waals surface area contributed by atoms with Gasteiger partial charge >= 0.3 is 0 Å². The Labute approximate surface area is 184 Å². The number of aliphatic hydroxyl groups excluding tert-OH is 1. The summed E-state index contributed by atoms with van der Waals surface area (Å²) in [5.41, 5.74) is 2.90. The summed E-state index contributed by atoms with van der Waals surface area (Å²) in [4.78, 5) is 13.4. The molecule has 1 amide bonds. The third-order valence-corrected chi connectivity index (χ3v) is 6.88. The molecule has 1 saturated heterocycles. The van der Waals surface area contributed by atoms with Gasteiger partial charge in [0.15, 0.2) is 0 Å². The fourth-order valence-electron chi connectivity index (χ4n) is 4.88. The Morgan fingerprint density at radius 3 is 2.42 bits per heavy atom. The van der Waals surface area contributed by atoms with E-state index in [1.807, 2.05) is 18.2 Å². The van der Waals surface area contributed by atoms with Gasteiger partial charge in [-0.2, -0.15) is 0 Å². The van der Waals surface area contributed by atoms with E-state index < -0.39 is 5.41 Å². The highest BCUT2D eigenvalue weighted by Crippen LogP contribution is 2.36. The van der Waals surface area contributed by atoms with Crippen LogP contribution in [0, 0.1) is 5.41 Å². The van der Waals surface area contributed by atoms with E-state index in [4.69, 9.17) is 9.47 Å². The van der Waals surface area contributed by atoms with Gasteiger partial charge in [0, 0.05) is 24.8 Å². The molecule has 2 N–H and O–H groups in total. The first-order valence-corrected chi connectivity index (χ1v) is 11.4. The quantitative estimate of drug-likeness (QED) is 0.733. The van der Waals surface area contributed by atoms with Gasteiger partial charge in [-0.25, -0.2) is 0 Å². The fraction of sp³-hybridized carbons (Fsp3) is 0.500. The van der Waals surface area contributed by atoms with Gasteiger partial charge in [-0.3, -0.25) is 4.79 Å². The average Bonchev–Trinajstić information content (AvgIpc) is 2.81. The lowest BCUT2D eigenvalue weighted by Crippen LogP contribution is -2.50. The van der Waals surface area contributed by atoms with Crippen molar-refractivity contribution in [3.05, 3.63) is 54.1 Å². The van der Waals surface area contributed by atoms with E-state index in [9.17, 15) is 9.90 Å². The summed E-state index contributed by atoms with van der Waals surface area (Å²) in [6.45, 7) is 1.24. The van der Waals surface area contributed by atoms with Crippen LogP contribution in [-0.4, -0.2) is 43.5 Å². The van der Waals surface area contributed by atoms with E-state index in [-0.39, 0.29) is 18.1 Å². The SMILES string of the molecule is COc1ccccc1-c1ccc(CC2(C(=O)NC3CCC(O)CC3)CCOCC2)cc1. The molecule has 2 fully saturated rings. The van der Waals surface area contributed by atoms with E-state index >= 15 is 0 Å². The van der Waals surface area contributed by atoms with Gasteiger partial charge in [0.1, 0.15) is 5.75 Å². The molecule has 0 atom stereocenters. The fourth-order valence-corrected chi connectivity index (χ4v) is 4.88. The Kier molecular flexibility index (Phi) is 6.93. The first kappa shape index (κ1) is 21.8. The van der Waals surface area contributed by atoms with E-state index in [2.05, 4.69) is 35.6 Å². The Morgan fingerprint density at radius 1 is 1.06 bits per heavy atom. The van der Waals surface area contributed by atoms with Gasteiger partial charge in [0.25, 0.3) is 0 Å². The van der Waals surface area contributed by atoms with Gasteiger partial charge in [-0.15, -0.1) is 0 Å². The standard InChI is InChI=1S/C26H33NO4/c1-30-24-5-3-2-4-23(24)20-8-6-19(7-9-20)18-26(14-16-31-17-15-26)25(29)27-21-10-12-22(28)13-11-21/h2-9,21-22,28H,10-18H2,1H3,(H,27,29). The minimum atomic E-state index is -0.430. The van der Waals surface area contributed by atoms with Crippen LogP contribution in [0.5, 0.6) is 5.75 Å². The number of aliphatic hydroxyl groups is 1. The van der Waals surface area contributed by atoms with Crippen molar-refractivity contribution in [3.8, 4) is 16.9 Å². The molecule has 0 aromatic heterocycles. The Bertz CT molecular complexity index is 865. The van der Waals surface area contributed by atoms with Crippen LogP contribution in [0.3, 0.4) is 0 Å². The molecule has 1 aliphatic heterocycles. The number of carbonyl (C=O) groups excluding carboxylic acids is 1. The van der Waals surface area contributed by atoms with Crippen LogP contribution in [0.25, 0.3) is 11.1 Å². The van der Waals surface area contributed by atoms with Crippen LogP contribution >= 0.6 is 0 Å². The van der Waals surface area contributed by atoms with Crippen molar-refractivity contribution in [1.29, 1.82) is 0 Å². The maximum Gasteiger partial charge on any atom is 0.226 e. The zero-order chi connectivity index (χ0) is 21.7. The summed E-state index contributed by atoms with van der Waals surface area (Å²) in [5.74, 6) is 0.999. The van der Waals surface area contributed by atoms with Gasteiger partial charge in [0.2, 0.25) is 5.91 Å². The van der Waals surface area contributed by atoms with Crippen LogP contribution in [0.15, 0.2) is 48.5 Å². The van der Waals surface area contributed by atoms with Crippen molar-refractivity contribution in [3.63, 3.8) is 0 Å². The van der Waals surface area contributed by atoms with E-state index in [0.717, 1.165) is 61.0 Å². The number of rotatable bonds is 6. The number of hydrogen-bond acceptors (Lipinski definition) is 4. The second-order valence-electron chi connectivity index (χ2n) is 8.95. The molecule has 5 heteroatoms. The highest BCUT2D eigenvalue weighted by Gasteiger charge is 2.41. The normalized spacial score (nSPS) is 23.2. The molecule has 0 radical (unpaired) electrons. The number of benzene rings is 2. The molecule has 0 unspecified atom stereocenters. The summed E-state index contributed by atoms with van der Waals surface area (Å²) in [5, 5.41) is 13.1. The Balaban J connectivity index is 1.49. The molecule has 2 aromatic carbocycles. The lowest BCUT2D eigenvalue weighted by Gasteiger charge is -2.38. The van der Waals surface area contributed by atoms with Gasteiger partial charge in [0.05, 0.1) is 18.6 Å². The highest BCUT2D eigenvalue weighted by atomic mass is 16.5. The summed E-state index contributed by atoms with van der Waals surface area (Å²) < 4.78 is 11.1. The lowest BCUT2D eigenvalue weighted by atomic mass is 9.74. The van der Waals surface area contributed by atoms with E-state index in [1.54, 1.807) is 7.11 Å². The largest absolute Gasteiger partial charge is 0.496 e. The molecule has 0 spiro atoms. The third kappa shape index (κ3) is 5.10. The maximum atomic E-state index is 13.4. The Hall–Kier alpha value is -2.37. The van der Waals surface area contributed by atoms with Crippen LogP contribution in [0.4, 0.5) is 0 Å². The van der Waals surface area contributed by atoms with Gasteiger partial charge < -0.3 is 19.9 Å². The zero-order valence-electron chi connectivity index (χ0n) is 18.3. The van der Waals surface area contributed by atoms with Gasteiger partial charge in [-0.1, -0.05) is 42.5 Å². The number of nitrogens with one attached hydrogen (secondary N) is 1. The summed E-state index contributed by atoms with van der Waals surface area (Å²) >= 11 is 0. The van der Waals surface area contributed by atoms with Crippen LogP contribution in [-0.2, 0) is 16.0 Å². The van der Waals surface area contributed by atoms with Crippen molar-refractivity contribution >= 4 is 5.91 Å². The monoisotopic (exact) mass is 423 g/mol. The molecule has 166 valence electrons. The molecular weight excluding hydrogens is 390 g/mol. The van der Waals surface area contributed by atoms with Crippen LogP contribution in [0.1, 0.15) is 44.1 Å². The van der Waals surface area contributed by atoms with Crippen molar-refractivity contribution < 1.29 is 19.4 Å². The van der Waals surface area contributed by atoms with Crippen molar-refractivity contribution in [2.45, 2.75) is 57.1 Å². The third-order valence-electron chi connectivity index (χ3n) is 6.88. The molecule has 4 rings (SSSR count). The zero-order valence-corrected chi connectivity index (χ0v) is 18.3. The molecule has 1 heterocycles. The minimum Gasteiger partial charge on any atom is -0.496 e. The number of methoxy groups -OCH3 is 1. The first-order chi connectivity index (χ1) is 15.1.